The van der Waals surface area contributed by atoms with Crippen LogP contribution in [0.2, 0.25) is 0 Å². The van der Waals surface area contributed by atoms with Gasteiger partial charge in [0.2, 0.25) is 5.69 Å². The zero-order valence-corrected chi connectivity index (χ0v) is 15.0. The quantitative estimate of drug-likeness (QED) is 0.521. The van der Waals surface area contributed by atoms with E-state index >= 15 is 0 Å². The fourth-order valence-corrected chi connectivity index (χ4v) is 3.37. The molecular formula is C21H17F2N3O2. The number of imidazole rings is 1. The molecule has 0 aliphatic carbocycles. The summed E-state index contributed by atoms with van der Waals surface area (Å²) >= 11 is 0. The highest BCUT2D eigenvalue weighted by Crippen LogP contribution is 2.37. The lowest BCUT2D eigenvalue weighted by molar-refractivity contribution is -0.0295. The van der Waals surface area contributed by atoms with Crippen molar-refractivity contribution in [1.82, 2.24) is 9.55 Å². The van der Waals surface area contributed by atoms with Gasteiger partial charge in [-0.1, -0.05) is 12.7 Å². The van der Waals surface area contributed by atoms with E-state index in [9.17, 15) is 8.78 Å². The van der Waals surface area contributed by atoms with Gasteiger partial charge >= 0.3 is 0 Å². The minimum atomic E-state index is -0.659. The summed E-state index contributed by atoms with van der Waals surface area (Å²) in [6, 6.07) is 5.03. The highest BCUT2D eigenvalue weighted by Gasteiger charge is 2.22. The van der Waals surface area contributed by atoms with Crippen molar-refractivity contribution in [1.29, 1.82) is 0 Å². The lowest BCUT2D eigenvalue weighted by atomic mass is 10.1. The van der Waals surface area contributed by atoms with Gasteiger partial charge in [-0.05, 0) is 37.5 Å². The minimum absolute atomic E-state index is 0.0696. The van der Waals surface area contributed by atoms with Crippen molar-refractivity contribution in [3.05, 3.63) is 65.8 Å². The number of hydrogen-bond donors (Lipinski definition) is 0. The molecule has 5 nitrogen and oxygen atoms in total. The van der Waals surface area contributed by atoms with Crippen molar-refractivity contribution < 1.29 is 18.3 Å². The highest BCUT2D eigenvalue weighted by atomic mass is 19.1. The van der Waals surface area contributed by atoms with Crippen LogP contribution >= 0.6 is 0 Å². The first-order valence-electron chi connectivity index (χ1n) is 8.90. The largest absolute Gasteiger partial charge is 0.455 e. The van der Waals surface area contributed by atoms with Crippen LogP contribution in [0.1, 0.15) is 31.1 Å². The van der Waals surface area contributed by atoms with Crippen LogP contribution in [0.15, 0.2) is 37.2 Å². The average Bonchev–Trinajstić information content (AvgIpc) is 3.13. The Labute approximate surface area is 160 Å². The molecule has 28 heavy (non-hydrogen) atoms. The Hall–Kier alpha value is -3.24. The molecule has 1 aliphatic rings. The number of halogens is 2. The Bertz CT molecular complexity index is 1100. The summed E-state index contributed by atoms with van der Waals surface area (Å²) in [5, 5.41) is 0. The van der Waals surface area contributed by atoms with Gasteiger partial charge in [-0.3, -0.25) is 0 Å². The number of rotatable bonds is 4. The zero-order chi connectivity index (χ0) is 19.7. The van der Waals surface area contributed by atoms with Gasteiger partial charge in [0.05, 0.1) is 23.9 Å². The Morgan fingerprint density at radius 1 is 1.29 bits per heavy atom. The molecule has 1 saturated heterocycles. The Morgan fingerprint density at radius 2 is 2.14 bits per heavy atom. The van der Waals surface area contributed by atoms with Crippen molar-refractivity contribution in [2.24, 2.45) is 0 Å². The summed E-state index contributed by atoms with van der Waals surface area (Å²) in [4.78, 5) is 7.51. The predicted molar refractivity (Wildman–Crippen MR) is 101 cm³/mol. The van der Waals surface area contributed by atoms with E-state index in [4.69, 9.17) is 16.0 Å². The molecule has 0 radical (unpaired) electrons. The first-order valence-corrected chi connectivity index (χ1v) is 8.90. The van der Waals surface area contributed by atoms with Gasteiger partial charge < -0.3 is 14.0 Å². The monoisotopic (exact) mass is 381 g/mol. The minimum Gasteiger partial charge on any atom is -0.455 e. The first kappa shape index (κ1) is 18.1. The van der Waals surface area contributed by atoms with E-state index in [1.807, 2.05) is 4.57 Å². The van der Waals surface area contributed by atoms with Crippen LogP contribution in [-0.2, 0) is 4.74 Å². The van der Waals surface area contributed by atoms with E-state index in [1.54, 1.807) is 6.33 Å². The molecule has 1 fully saturated rings. The third-order valence-corrected chi connectivity index (χ3v) is 4.74. The van der Waals surface area contributed by atoms with Crippen LogP contribution in [0.25, 0.3) is 22.0 Å². The molecule has 1 aliphatic heterocycles. The molecule has 3 aromatic rings. The third kappa shape index (κ3) is 3.12. The van der Waals surface area contributed by atoms with Gasteiger partial charge in [0.25, 0.3) is 0 Å². The second kappa shape index (κ2) is 7.41. The fraction of sp³-hybridized carbons (Fsp3) is 0.238. The molecular weight excluding hydrogens is 364 g/mol. The van der Waals surface area contributed by atoms with Gasteiger partial charge in [0.15, 0.2) is 11.6 Å². The first-order chi connectivity index (χ1) is 13.6. The summed E-state index contributed by atoms with van der Waals surface area (Å²) in [6.07, 6.45) is 5.81. The fourth-order valence-electron chi connectivity index (χ4n) is 3.37. The van der Waals surface area contributed by atoms with Gasteiger partial charge in [-0.2, -0.15) is 0 Å². The summed E-state index contributed by atoms with van der Waals surface area (Å²) in [5.41, 5.74) is 1.32. The van der Waals surface area contributed by atoms with Gasteiger partial charge in [-0.15, -0.1) is 0 Å². The summed E-state index contributed by atoms with van der Waals surface area (Å²) in [7, 11) is 0. The number of nitrogens with zero attached hydrogens (tertiary/aromatic N) is 3. The molecule has 0 bridgehead atoms. The van der Waals surface area contributed by atoms with Crippen molar-refractivity contribution in [3.8, 4) is 11.5 Å². The SMILES string of the molecule is [C-]#[N+]c1cc(Oc2c(F)cc3c(ncn3C3CCCCO3)c2C=C)ccc1F. The number of fused-ring (bicyclic) bond motifs is 1. The van der Waals surface area contributed by atoms with Gasteiger partial charge in [0.1, 0.15) is 17.8 Å². The number of ether oxygens (including phenoxy) is 2. The number of aromatic nitrogens is 2. The van der Waals surface area contributed by atoms with E-state index in [1.165, 1.54) is 24.3 Å². The topological polar surface area (TPSA) is 40.6 Å². The molecule has 1 unspecified atom stereocenters. The van der Waals surface area contributed by atoms with Crippen molar-refractivity contribution in [2.45, 2.75) is 25.5 Å². The lowest BCUT2D eigenvalue weighted by Crippen LogP contribution is -2.17. The summed E-state index contributed by atoms with van der Waals surface area (Å²) in [5.74, 6) is -1.18. The van der Waals surface area contributed by atoms with Gasteiger partial charge in [-0.25, -0.2) is 18.6 Å². The van der Waals surface area contributed by atoms with Gasteiger partial charge in [0, 0.05) is 18.2 Å². The third-order valence-electron chi connectivity index (χ3n) is 4.74. The standard InChI is InChI=1S/C21H17F2N3O2/c1-3-14-20-18(26(12-25-20)19-6-4-5-9-27-19)11-16(23)21(14)28-13-7-8-15(22)17(10-13)24-2/h3,7-8,10-12,19H,1,4-6,9H2. The average molecular weight is 381 g/mol. The molecule has 7 heteroatoms. The Kier molecular flexibility index (Phi) is 4.80. The van der Waals surface area contributed by atoms with Crippen LogP contribution in [-0.4, -0.2) is 16.2 Å². The smallest absolute Gasteiger partial charge is 0.225 e. The number of benzene rings is 2. The van der Waals surface area contributed by atoms with E-state index in [-0.39, 0.29) is 23.4 Å². The van der Waals surface area contributed by atoms with Crippen molar-refractivity contribution in [3.63, 3.8) is 0 Å². The van der Waals surface area contributed by atoms with E-state index < -0.39 is 11.6 Å². The van der Waals surface area contributed by atoms with E-state index in [0.29, 0.717) is 23.2 Å². The predicted octanol–water partition coefficient (Wildman–Crippen LogP) is 6.00. The maximum absolute atomic E-state index is 14.9. The zero-order valence-electron chi connectivity index (χ0n) is 15.0. The molecule has 142 valence electrons. The van der Waals surface area contributed by atoms with Crippen LogP contribution in [0.5, 0.6) is 11.5 Å². The normalized spacial score (nSPS) is 16.7. The second-order valence-electron chi connectivity index (χ2n) is 6.47. The van der Waals surface area contributed by atoms with E-state index in [2.05, 4.69) is 16.4 Å². The Balaban J connectivity index is 1.78. The van der Waals surface area contributed by atoms with Crippen molar-refractivity contribution >= 4 is 22.8 Å². The molecule has 0 amide bonds. The summed E-state index contributed by atoms with van der Waals surface area (Å²) in [6.45, 7) is 11.4. The van der Waals surface area contributed by atoms with Crippen LogP contribution in [0.4, 0.5) is 14.5 Å². The van der Waals surface area contributed by atoms with Crippen LogP contribution in [0, 0.1) is 18.2 Å². The maximum atomic E-state index is 14.9. The summed E-state index contributed by atoms with van der Waals surface area (Å²) < 4.78 is 41.8. The van der Waals surface area contributed by atoms with Crippen molar-refractivity contribution in [2.75, 3.05) is 6.61 Å². The molecule has 0 saturated carbocycles. The lowest BCUT2D eigenvalue weighted by Gasteiger charge is -2.24. The molecule has 4 rings (SSSR count). The Morgan fingerprint density at radius 3 is 2.86 bits per heavy atom. The van der Waals surface area contributed by atoms with Crippen LogP contribution in [0.3, 0.4) is 0 Å². The second-order valence-corrected chi connectivity index (χ2v) is 6.47. The highest BCUT2D eigenvalue weighted by molar-refractivity contribution is 5.88. The van der Waals surface area contributed by atoms with E-state index in [0.717, 1.165) is 25.3 Å². The molecule has 1 aromatic heterocycles. The molecule has 1 atom stereocenters. The molecule has 0 spiro atoms. The molecule has 2 heterocycles. The maximum Gasteiger partial charge on any atom is 0.225 e. The van der Waals surface area contributed by atoms with Crippen LogP contribution < -0.4 is 4.74 Å². The molecule has 2 aromatic carbocycles. The number of hydrogen-bond acceptors (Lipinski definition) is 3. The molecule has 0 N–H and O–H groups in total.